The van der Waals surface area contributed by atoms with Crippen molar-refractivity contribution in [1.29, 1.82) is 0 Å². The van der Waals surface area contributed by atoms with Gasteiger partial charge >= 0.3 is 6.03 Å². The Labute approximate surface area is 124 Å². The molecule has 1 aromatic carbocycles. The molecule has 6 nitrogen and oxygen atoms in total. The van der Waals surface area contributed by atoms with Gasteiger partial charge in [-0.2, -0.15) is 0 Å². The van der Waals surface area contributed by atoms with E-state index >= 15 is 0 Å². The number of nitrogens with two attached hydrogens (primary N) is 1. The number of nitrogens with zero attached hydrogens (tertiary/aromatic N) is 1. The number of urea groups is 1. The Morgan fingerprint density at radius 2 is 2.05 bits per heavy atom. The maximum absolute atomic E-state index is 11.9. The third-order valence-electron chi connectivity index (χ3n) is 3.58. The van der Waals surface area contributed by atoms with Gasteiger partial charge in [-0.3, -0.25) is 9.69 Å². The highest BCUT2D eigenvalue weighted by Crippen LogP contribution is 2.12. The molecule has 21 heavy (non-hydrogen) atoms. The first-order valence-electron chi connectivity index (χ1n) is 7.18. The van der Waals surface area contributed by atoms with Crippen molar-refractivity contribution in [2.45, 2.75) is 25.8 Å². The number of hydrogen-bond acceptors (Lipinski definition) is 3. The predicted octanol–water partition coefficient (Wildman–Crippen LogP) is 1.07. The van der Waals surface area contributed by atoms with E-state index in [0.717, 1.165) is 37.2 Å². The first-order chi connectivity index (χ1) is 10.0. The summed E-state index contributed by atoms with van der Waals surface area (Å²) in [6.07, 6.45) is 1.66. The van der Waals surface area contributed by atoms with Crippen LogP contribution in [-0.4, -0.2) is 42.5 Å². The number of carbonyl (C=O) groups excluding carboxylic acids is 2. The summed E-state index contributed by atoms with van der Waals surface area (Å²) in [4.78, 5) is 24.8. The summed E-state index contributed by atoms with van der Waals surface area (Å²) in [5.41, 5.74) is 7.07. The maximum Gasteiger partial charge on any atom is 0.319 e. The zero-order valence-electron chi connectivity index (χ0n) is 12.3. The average molecular weight is 290 g/mol. The second-order valence-electron chi connectivity index (χ2n) is 5.48. The first kappa shape index (κ1) is 15.3. The standard InChI is InChI=1S/C15H22N4O2/c1-11-3-2-4-13(9-11)18-15(21)17-12-5-7-19(8-6-12)10-14(16)20/h2-4,9,12H,5-8,10H2,1H3,(H2,16,20)(H2,17,18,21). The summed E-state index contributed by atoms with van der Waals surface area (Å²) in [6, 6.07) is 7.63. The quantitative estimate of drug-likeness (QED) is 0.775. The number of nitrogens with one attached hydrogen (secondary N) is 2. The number of benzene rings is 1. The van der Waals surface area contributed by atoms with Crippen LogP contribution in [0.4, 0.5) is 10.5 Å². The molecule has 114 valence electrons. The van der Waals surface area contributed by atoms with Gasteiger partial charge in [0, 0.05) is 24.8 Å². The zero-order valence-corrected chi connectivity index (χ0v) is 12.3. The highest BCUT2D eigenvalue weighted by atomic mass is 16.2. The summed E-state index contributed by atoms with van der Waals surface area (Å²) in [5.74, 6) is -0.307. The van der Waals surface area contributed by atoms with E-state index in [-0.39, 0.29) is 18.0 Å². The number of carbonyl (C=O) groups is 2. The Hall–Kier alpha value is -2.08. The molecule has 0 aliphatic carbocycles. The van der Waals surface area contributed by atoms with Crippen molar-refractivity contribution >= 4 is 17.6 Å². The Morgan fingerprint density at radius 3 is 2.67 bits per heavy atom. The van der Waals surface area contributed by atoms with Crippen LogP contribution in [0.5, 0.6) is 0 Å². The van der Waals surface area contributed by atoms with Crippen molar-refractivity contribution in [3.63, 3.8) is 0 Å². The number of primary amides is 1. The minimum atomic E-state index is -0.307. The fourth-order valence-electron chi connectivity index (χ4n) is 2.53. The third kappa shape index (κ3) is 5.07. The van der Waals surface area contributed by atoms with E-state index in [0.29, 0.717) is 6.54 Å². The van der Waals surface area contributed by atoms with Gasteiger partial charge < -0.3 is 16.4 Å². The molecule has 1 fully saturated rings. The number of piperidine rings is 1. The number of amides is 3. The zero-order chi connectivity index (χ0) is 15.2. The minimum absolute atomic E-state index is 0.138. The largest absolute Gasteiger partial charge is 0.369 e. The van der Waals surface area contributed by atoms with Gasteiger partial charge in [-0.1, -0.05) is 12.1 Å². The summed E-state index contributed by atoms with van der Waals surface area (Å²) >= 11 is 0. The third-order valence-corrected chi connectivity index (χ3v) is 3.58. The molecule has 1 aliphatic heterocycles. The van der Waals surface area contributed by atoms with Gasteiger partial charge in [-0.25, -0.2) is 4.79 Å². The summed E-state index contributed by atoms with van der Waals surface area (Å²) in [7, 11) is 0. The van der Waals surface area contributed by atoms with Crippen molar-refractivity contribution in [3.05, 3.63) is 29.8 Å². The smallest absolute Gasteiger partial charge is 0.319 e. The second-order valence-corrected chi connectivity index (χ2v) is 5.48. The number of rotatable bonds is 4. The molecule has 0 bridgehead atoms. The van der Waals surface area contributed by atoms with Crippen LogP contribution in [0.25, 0.3) is 0 Å². The summed E-state index contributed by atoms with van der Waals surface area (Å²) in [6.45, 7) is 3.83. The van der Waals surface area contributed by atoms with Crippen LogP contribution < -0.4 is 16.4 Å². The molecule has 1 aromatic rings. The molecule has 3 amide bonds. The lowest BCUT2D eigenvalue weighted by Crippen LogP contribution is -2.47. The van der Waals surface area contributed by atoms with E-state index in [1.54, 1.807) is 0 Å². The first-order valence-corrected chi connectivity index (χ1v) is 7.18. The Morgan fingerprint density at radius 1 is 1.33 bits per heavy atom. The van der Waals surface area contributed by atoms with Crippen LogP contribution in [0, 0.1) is 6.92 Å². The fourth-order valence-corrected chi connectivity index (χ4v) is 2.53. The van der Waals surface area contributed by atoms with E-state index in [2.05, 4.69) is 10.6 Å². The Balaban J connectivity index is 1.75. The molecular weight excluding hydrogens is 268 g/mol. The molecule has 4 N–H and O–H groups in total. The molecular formula is C15H22N4O2. The highest BCUT2D eigenvalue weighted by molar-refractivity contribution is 5.89. The van der Waals surface area contributed by atoms with Crippen LogP contribution in [0.15, 0.2) is 24.3 Å². The van der Waals surface area contributed by atoms with E-state index in [4.69, 9.17) is 5.73 Å². The number of anilines is 1. The second kappa shape index (κ2) is 7.08. The fraction of sp³-hybridized carbons (Fsp3) is 0.467. The molecule has 0 saturated carbocycles. The van der Waals surface area contributed by atoms with Gasteiger partial charge in [0.2, 0.25) is 5.91 Å². The number of aryl methyl sites for hydroxylation is 1. The van der Waals surface area contributed by atoms with Gasteiger partial charge in [-0.05, 0) is 37.5 Å². The molecule has 1 heterocycles. The van der Waals surface area contributed by atoms with Crippen molar-refractivity contribution < 1.29 is 9.59 Å². The van der Waals surface area contributed by atoms with Crippen LogP contribution in [0.1, 0.15) is 18.4 Å². The molecule has 0 spiro atoms. The maximum atomic E-state index is 11.9. The molecule has 0 atom stereocenters. The van der Waals surface area contributed by atoms with Crippen LogP contribution in [-0.2, 0) is 4.79 Å². The minimum Gasteiger partial charge on any atom is -0.369 e. The normalized spacial score (nSPS) is 16.4. The van der Waals surface area contributed by atoms with Crippen molar-refractivity contribution in [2.24, 2.45) is 5.73 Å². The van der Waals surface area contributed by atoms with E-state index < -0.39 is 0 Å². The van der Waals surface area contributed by atoms with Gasteiger partial charge in [0.05, 0.1) is 6.54 Å². The highest BCUT2D eigenvalue weighted by Gasteiger charge is 2.21. The van der Waals surface area contributed by atoms with Crippen molar-refractivity contribution in [3.8, 4) is 0 Å². The lowest BCUT2D eigenvalue weighted by atomic mass is 10.1. The number of hydrogen-bond donors (Lipinski definition) is 3. The average Bonchev–Trinajstić information content (AvgIpc) is 2.40. The van der Waals surface area contributed by atoms with Crippen molar-refractivity contribution in [2.75, 3.05) is 25.0 Å². The monoisotopic (exact) mass is 290 g/mol. The van der Waals surface area contributed by atoms with Crippen LogP contribution >= 0.6 is 0 Å². The summed E-state index contributed by atoms with van der Waals surface area (Å²) in [5, 5.41) is 5.80. The molecule has 0 unspecified atom stereocenters. The van der Waals surface area contributed by atoms with Gasteiger partial charge in [0.15, 0.2) is 0 Å². The van der Waals surface area contributed by atoms with Gasteiger partial charge in [-0.15, -0.1) is 0 Å². The Bertz CT molecular complexity index is 510. The van der Waals surface area contributed by atoms with Crippen LogP contribution in [0.2, 0.25) is 0 Å². The molecule has 1 saturated heterocycles. The van der Waals surface area contributed by atoms with Gasteiger partial charge in [0.1, 0.15) is 0 Å². The molecule has 2 rings (SSSR count). The van der Waals surface area contributed by atoms with E-state index in [1.807, 2.05) is 36.1 Å². The molecule has 6 heteroatoms. The Kier molecular flexibility index (Phi) is 5.16. The van der Waals surface area contributed by atoms with E-state index in [9.17, 15) is 9.59 Å². The molecule has 0 radical (unpaired) electrons. The SMILES string of the molecule is Cc1cccc(NC(=O)NC2CCN(CC(N)=O)CC2)c1. The lowest BCUT2D eigenvalue weighted by molar-refractivity contribution is -0.119. The van der Waals surface area contributed by atoms with E-state index in [1.165, 1.54) is 0 Å². The molecule has 1 aliphatic rings. The topological polar surface area (TPSA) is 87.5 Å². The van der Waals surface area contributed by atoms with Crippen LogP contribution in [0.3, 0.4) is 0 Å². The predicted molar refractivity (Wildman–Crippen MR) is 82.0 cm³/mol. The van der Waals surface area contributed by atoms with Gasteiger partial charge in [0.25, 0.3) is 0 Å². The number of likely N-dealkylation sites (tertiary alicyclic amines) is 1. The summed E-state index contributed by atoms with van der Waals surface area (Å²) < 4.78 is 0. The molecule has 0 aromatic heterocycles. The van der Waals surface area contributed by atoms with Crippen molar-refractivity contribution in [1.82, 2.24) is 10.2 Å². The lowest BCUT2D eigenvalue weighted by Gasteiger charge is -2.31.